The van der Waals surface area contributed by atoms with Gasteiger partial charge in [0.2, 0.25) is 21.8 Å². The summed E-state index contributed by atoms with van der Waals surface area (Å²) in [4.78, 5) is 28.6. The summed E-state index contributed by atoms with van der Waals surface area (Å²) in [5, 5.41) is 3.14. The van der Waals surface area contributed by atoms with E-state index in [-0.39, 0.29) is 37.4 Å². The standard InChI is InChI=1S/C29H41N3O6S/c1-5-27(29(34)30-23-11-6-7-12-23)31(21-22-10-8-13-26(20-22)38-3)28(33)14-9-19-32(39(4,35)36)24-15-17-25(37-2)18-16-24/h8,10,13,15-18,20,23,27H,5-7,9,11-12,14,19,21H2,1-4H3,(H,30,34)/t27-/m0/s1. The first-order chi connectivity index (χ1) is 18.7. The van der Waals surface area contributed by atoms with E-state index in [1.165, 1.54) is 4.31 Å². The summed E-state index contributed by atoms with van der Waals surface area (Å²) in [7, 11) is -0.439. The van der Waals surface area contributed by atoms with E-state index in [4.69, 9.17) is 9.47 Å². The van der Waals surface area contributed by atoms with Crippen molar-refractivity contribution in [1.82, 2.24) is 10.2 Å². The Kier molecular flexibility index (Phi) is 11.0. The smallest absolute Gasteiger partial charge is 0.243 e. The highest BCUT2D eigenvalue weighted by Crippen LogP contribution is 2.24. The summed E-state index contributed by atoms with van der Waals surface area (Å²) in [6, 6.07) is 13.7. The molecule has 0 spiro atoms. The Morgan fingerprint density at radius 1 is 1.03 bits per heavy atom. The lowest BCUT2D eigenvalue weighted by atomic mass is 10.1. The van der Waals surface area contributed by atoms with Crippen molar-refractivity contribution < 1.29 is 27.5 Å². The van der Waals surface area contributed by atoms with Crippen molar-refractivity contribution in [2.45, 2.75) is 70.5 Å². The zero-order chi connectivity index (χ0) is 28.4. The lowest BCUT2D eigenvalue weighted by Crippen LogP contribution is -2.51. The van der Waals surface area contributed by atoms with Crippen LogP contribution in [0, 0.1) is 0 Å². The fourth-order valence-electron chi connectivity index (χ4n) is 5.01. The predicted octanol–water partition coefficient (Wildman–Crippen LogP) is 4.12. The molecule has 0 aliphatic heterocycles. The van der Waals surface area contributed by atoms with E-state index in [0.29, 0.717) is 30.0 Å². The SMILES string of the molecule is CC[C@@H](C(=O)NC1CCCC1)N(Cc1cccc(OC)c1)C(=O)CCCN(c1ccc(OC)cc1)S(C)(=O)=O. The van der Waals surface area contributed by atoms with Crippen molar-refractivity contribution in [3.8, 4) is 11.5 Å². The number of nitrogens with one attached hydrogen (secondary N) is 1. The minimum atomic E-state index is -3.57. The molecule has 1 aliphatic rings. The Balaban J connectivity index is 1.76. The summed E-state index contributed by atoms with van der Waals surface area (Å²) in [5.74, 6) is 0.953. The van der Waals surface area contributed by atoms with Gasteiger partial charge >= 0.3 is 0 Å². The first-order valence-electron chi connectivity index (χ1n) is 13.5. The molecule has 3 rings (SSSR count). The van der Waals surface area contributed by atoms with Crippen molar-refractivity contribution in [2.75, 3.05) is 31.3 Å². The average Bonchev–Trinajstić information content (AvgIpc) is 3.43. The van der Waals surface area contributed by atoms with Crippen LogP contribution >= 0.6 is 0 Å². The number of ether oxygens (including phenoxy) is 2. The number of methoxy groups -OCH3 is 2. The van der Waals surface area contributed by atoms with Crippen LogP contribution in [0.5, 0.6) is 11.5 Å². The normalized spacial score (nSPS) is 14.5. The van der Waals surface area contributed by atoms with E-state index in [0.717, 1.165) is 37.5 Å². The number of carbonyl (C=O) groups is 2. The highest BCUT2D eigenvalue weighted by atomic mass is 32.2. The number of benzene rings is 2. The molecule has 0 aromatic heterocycles. The van der Waals surface area contributed by atoms with Crippen molar-refractivity contribution >= 4 is 27.5 Å². The molecule has 1 aliphatic carbocycles. The molecule has 1 fully saturated rings. The minimum Gasteiger partial charge on any atom is -0.497 e. The van der Waals surface area contributed by atoms with Gasteiger partial charge in [0.25, 0.3) is 0 Å². The molecular weight excluding hydrogens is 518 g/mol. The monoisotopic (exact) mass is 559 g/mol. The van der Waals surface area contributed by atoms with Gasteiger partial charge in [-0.2, -0.15) is 0 Å². The lowest BCUT2D eigenvalue weighted by Gasteiger charge is -2.32. The third-order valence-electron chi connectivity index (χ3n) is 7.09. The highest BCUT2D eigenvalue weighted by molar-refractivity contribution is 7.92. The summed E-state index contributed by atoms with van der Waals surface area (Å²) in [6.07, 6.45) is 6.12. The number of hydrogen-bond acceptors (Lipinski definition) is 6. The molecule has 0 heterocycles. The Morgan fingerprint density at radius 3 is 2.28 bits per heavy atom. The molecule has 1 N–H and O–H groups in total. The summed E-state index contributed by atoms with van der Waals surface area (Å²) < 4.78 is 36.9. The van der Waals surface area contributed by atoms with Gasteiger partial charge in [0, 0.05) is 25.6 Å². The predicted molar refractivity (Wildman–Crippen MR) is 152 cm³/mol. The van der Waals surface area contributed by atoms with Gasteiger partial charge in [-0.25, -0.2) is 8.42 Å². The van der Waals surface area contributed by atoms with Crippen LogP contribution in [0.4, 0.5) is 5.69 Å². The van der Waals surface area contributed by atoms with E-state index in [1.54, 1.807) is 43.4 Å². The number of rotatable bonds is 14. The maximum atomic E-state index is 13.6. The average molecular weight is 560 g/mol. The first kappa shape index (κ1) is 30.3. The quantitative estimate of drug-likeness (QED) is 0.373. The molecular formula is C29H41N3O6S. The van der Waals surface area contributed by atoms with Crippen molar-refractivity contribution in [1.29, 1.82) is 0 Å². The summed E-state index contributed by atoms with van der Waals surface area (Å²) >= 11 is 0. The van der Waals surface area contributed by atoms with Crippen molar-refractivity contribution in [3.63, 3.8) is 0 Å². The maximum absolute atomic E-state index is 13.6. The molecule has 214 valence electrons. The molecule has 0 unspecified atom stereocenters. The molecule has 0 bridgehead atoms. The van der Waals surface area contributed by atoms with Gasteiger partial charge in [-0.05, 0) is 67.6 Å². The molecule has 9 nitrogen and oxygen atoms in total. The zero-order valence-corrected chi connectivity index (χ0v) is 24.2. The fourth-order valence-corrected chi connectivity index (χ4v) is 5.97. The number of carbonyl (C=O) groups excluding carboxylic acids is 2. The zero-order valence-electron chi connectivity index (χ0n) is 23.4. The van der Waals surface area contributed by atoms with Crippen LogP contribution in [0.1, 0.15) is 57.4 Å². The first-order valence-corrected chi connectivity index (χ1v) is 15.4. The van der Waals surface area contributed by atoms with Gasteiger partial charge in [-0.3, -0.25) is 13.9 Å². The Hall–Kier alpha value is -3.27. The second-order valence-corrected chi connectivity index (χ2v) is 11.8. The van der Waals surface area contributed by atoms with Crippen LogP contribution < -0.4 is 19.1 Å². The van der Waals surface area contributed by atoms with E-state index in [1.807, 2.05) is 31.2 Å². The van der Waals surface area contributed by atoms with Crippen LogP contribution in [0.15, 0.2) is 48.5 Å². The number of amides is 2. The summed E-state index contributed by atoms with van der Waals surface area (Å²) in [5.41, 5.74) is 1.35. The number of sulfonamides is 1. The largest absolute Gasteiger partial charge is 0.497 e. The van der Waals surface area contributed by atoms with Gasteiger partial charge < -0.3 is 19.7 Å². The molecule has 0 radical (unpaired) electrons. The molecule has 2 aromatic carbocycles. The topological polar surface area (TPSA) is 105 Å². The Morgan fingerprint density at radius 2 is 1.69 bits per heavy atom. The van der Waals surface area contributed by atoms with Crippen LogP contribution in [-0.2, 0) is 26.2 Å². The lowest BCUT2D eigenvalue weighted by molar-refractivity contribution is -0.141. The Bertz CT molecular complexity index is 1200. The van der Waals surface area contributed by atoms with Gasteiger partial charge in [0.05, 0.1) is 26.2 Å². The van der Waals surface area contributed by atoms with Gasteiger partial charge in [0.1, 0.15) is 17.5 Å². The van der Waals surface area contributed by atoms with E-state index in [9.17, 15) is 18.0 Å². The van der Waals surface area contributed by atoms with Crippen LogP contribution in [-0.4, -0.2) is 64.2 Å². The molecule has 0 saturated heterocycles. The third kappa shape index (κ3) is 8.61. The second-order valence-electron chi connectivity index (χ2n) is 9.92. The maximum Gasteiger partial charge on any atom is 0.243 e. The fraction of sp³-hybridized carbons (Fsp3) is 0.517. The Labute approximate surface area is 232 Å². The number of nitrogens with zero attached hydrogens (tertiary/aromatic N) is 2. The van der Waals surface area contributed by atoms with Gasteiger partial charge in [0.15, 0.2) is 0 Å². The molecule has 2 aromatic rings. The highest BCUT2D eigenvalue weighted by Gasteiger charge is 2.30. The van der Waals surface area contributed by atoms with Crippen molar-refractivity contribution in [2.24, 2.45) is 0 Å². The second kappa shape index (κ2) is 14.2. The van der Waals surface area contributed by atoms with Gasteiger partial charge in [-0.15, -0.1) is 0 Å². The van der Waals surface area contributed by atoms with Crippen molar-refractivity contribution in [3.05, 3.63) is 54.1 Å². The molecule has 2 amide bonds. The van der Waals surface area contributed by atoms with Gasteiger partial charge in [-0.1, -0.05) is 31.9 Å². The van der Waals surface area contributed by atoms with E-state index in [2.05, 4.69) is 5.32 Å². The third-order valence-corrected chi connectivity index (χ3v) is 8.28. The molecule has 1 saturated carbocycles. The minimum absolute atomic E-state index is 0.0966. The van der Waals surface area contributed by atoms with Crippen LogP contribution in [0.2, 0.25) is 0 Å². The molecule has 10 heteroatoms. The van der Waals surface area contributed by atoms with Crippen LogP contribution in [0.25, 0.3) is 0 Å². The molecule has 1 atom stereocenters. The molecule has 39 heavy (non-hydrogen) atoms. The van der Waals surface area contributed by atoms with E-state index >= 15 is 0 Å². The van der Waals surface area contributed by atoms with E-state index < -0.39 is 16.1 Å². The number of hydrogen-bond donors (Lipinski definition) is 1. The number of anilines is 1. The summed E-state index contributed by atoms with van der Waals surface area (Å²) in [6.45, 7) is 2.29. The van der Waals surface area contributed by atoms with Crippen LogP contribution in [0.3, 0.4) is 0 Å².